The molecule has 2 N–H and O–H groups in total. The molecule has 0 unspecified atom stereocenters. The van der Waals surface area contributed by atoms with E-state index in [0.717, 1.165) is 25.0 Å². The SMILES string of the molecule is Cc1nc(NC2CC2)cc(C(=O)Nc2cccc(C(F)(F)F)c2)n1. The molecule has 0 saturated heterocycles. The minimum Gasteiger partial charge on any atom is -0.367 e. The van der Waals surface area contributed by atoms with Crippen molar-refractivity contribution in [1.82, 2.24) is 9.97 Å². The van der Waals surface area contributed by atoms with Gasteiger partial charge in [0.15, 0.2) is 0 Å². The Morgan fingerprint density at radius 1 is 1.21 bits per heavy atom. The molecular formula is C16H15F3N4O. The Morgan fingerprint density at radius 2 is 1.96 bits per heavy atom. The molecule has 5 nitrogen and oxygen atoms in total. The molecule has 0 radical (unpaired) electrons. The van der Waals surface area contributed by atoms with Crippen LogP contribution in [0.5, 0.6) is 0 Å². The van der Waals surface area contributed by atoms with Crippen LogP contribution in [-0.4, -0.2) is 21.9 Å². The average Bonchev–Trinajstić information content (AvgIpc) is 3.30. The highest BCUT2D eigenvalue weighted by molar-refractivity contribution is 6.03. The van der Waals surface area contributed by atoms with E-state index in [9.17, 15) is 18.0 Å². The molecule has 1 heterocycles. The molecule has 0 atom stereocenters. The molecule has 1 aromatic carbocycles. The summed E-state index contributed by atoms with van der Waals surface area (Å²) in [6.07, 6.45) is -2.36. The predicted octanol–water partition coefficient (Wildman–Crippen LogP) is 3.63. The Kier molecular flexibility index (Phi) is 4.13. The molecule has 1 aromatic heterocycles. The van der Waals surface area contributed by atoms with Crippen molar-refractivity contribution in [3.63, 3.8) is 0 Å². The first kappa shape index (κ1) is 16.2. The topological polar surface area (TPSA) is 66.9 Å². The lowest BCUT2D eigenvalue weighted by Crippen LogP contribution is -2.16. The standard InChI is InChI=1S/C16H15F3N4O/c1-9-20-13(8-14(21-9)22-11-5-6-11)15(24)23-12-4-2-3-10(7-12)16(17,18)19/h2-4,7-8,11H,5-6H2,1H3,(H,23,24)(H,20,21,22). The van der Waals surface area contributed by atoms with Gasteiger partial charge >= 0.3 is 6.18 Å². The number of anilines is 2. The molecule has 1 aliphatic rings. The first-order valence-electron chi connectivity index (χ1n) is 7.42. The maximum Gasteiger partial charge on any atom is 0.416 e. The molecular weight excluding hydrogens is 321 g/mol. The lowest BCUT2D eigenvalue weighted by atomic mass is 10.2. The number of nitrogens with one attached hydrogen (secondary N) is 2. The fourth-order valence-corrected chi connectivity index (χ4v) is 2.16. The third-order valence-corrected chi connectivity index (χ3v) is 3.45. The van der Waals surface area contributed by atoms with Gasteiger partial charge in [-0.05, 0) is 38.0 Å². The van der Waals surface area contributed by atoms with Gasteiger partial charge < -0.3 is 10.6 Å². The number of aryl methyl sites for hydroxylation is 1. The van der Waals surface area contributed by atoms with Crippen molar-refractivity contribution in [2.24, 2.45) is 0 Å². The van der Waals surface area contributed by atoms with Crippen molar-refractivity contribution in [2.75, 3.05) is 10.6 Å². The molecule has 8 heteroatoms. The van der Waals surface area contributed by atoms with Crippen LogP contribution in [0.2, 0.25) is 0 Å². The van der Waals surface area contributed by atoms with E-state index in [1.165, 1.54) is 18.2 Å². The summed E-state index contributed by atoms with van der Waals surface area (Å²) in [6, 6.07) is 6.32. The zero-order valence-corrected chi connectivity index (χ0v) is 12.8. The van der Waals surface area contributed by atoms with Gasteiger partial charge in [-0.1, -0.05) is 6.07 Å². The van der Waals surface area contributed by atoms with Crippen molar-refractivity contribution in [1.29, 1.82) is 0 Å². The number of carbonyl (C=O) groups is 1. The van der Waals surface area contributed by atoms with Crippen molar-refractivity contribution < 1.29 is 18.0 Å². The second-order valence-electron chi connectivity index (χ2n) is 5.64. The minimum absolute atomic E-state index is 0.0581. The van der Waals surface area contributed by atoms with E-state index in [2.05, 4.69) is 20.6 Å². The van der Waals surface area contributed by atoms with Crippen LogP contribution in [0.25, 0.3) is 0 Å². The third kappa shape index (κ3) is 4.01. The number of rotatable bonds is 4. The number of amides is 1. The van der Waals surface area contributed by atoms with Gasteiger partial charge in [0.1, 0.15) is 17.3 Å². The molecule has 0 aliphatic heterocycles. The highest BCUT2D eigenvalue weighted by atomic mass is 19.4. The van der Waals surface area contributed by atoms with Crippen LogP contribution in [0.15, 0.2) is 30.3 Å². The van der Waals surface area contributed by atoms with Crippen LogP contribution < -0.4 is 10.6 Å². The van der Waals surface area contributed by atoms with Gasteiger partial charge in [0, 0.05) is 17.8 Å². The van der Waals surface area contributed by atoms with Crippen molar-refractivity contribution in [3.05, 3.63) is 47.4 Å². The fraction of sp³-hybridized carbons (Fsp3) is 0.312. The summed E-state index contributed by atoms with van der Waals surface area (Å²) >= 11 is 0. The third-order valence-electron chi connectivity index (χ3n) is 3.45. The number of alkyl halides is 3. The molecule has 1 saturated carbocycles. The van der Waals surface area contributed by atoms with Crippen molar-refractivity contribution in [2.45, 2.75) is 32.0 Å². The average molecular weight is 336 g/mol. The monoisotopic (exact) mass is 336 g/mol. The largest absolute Gasteiger partial charge is 0.416 e. The highest BCUT2D eigenvalue weighted by Crippen LogP contribution is 2.30. The van der Waals surface area contributed by atoms with Crippen molar-refractivity contribution >= 4 is 17.4 Å². The van der Waals surface area contributed by atoms with Crippen molar-refractivity contribution in [3.8, 4) is 0 Å². The summed E-state index contributed by atoms with van der Waals surface area (Å²) in [7, 11) is 0. The summed E-state index contributed by atoms with van der Waals surface area (Å²) in [5.41, 5.74) is -0.666. The Hall–Kier alpha value is -2.64. The number of halogens is 3. The zero-order chi connectivity index (χ0) is 17.3. The van der Waals surface area contributed by atoms with Gasteiger partial charge in [0.25, 0.3) is 5.91 Å². The predicted molar refractivity (Wildman–Crippen MR) is 82.8 cm³/mol. The first-order chi connectivity index (χ1) is 11.3. The van der Waals surface area contributed by atoms with Gasteiger partial charge in [-0.15, -0.1) is 0 Å². The molecule has 0 bridgehead atoms. The number of nitrogens with zero attached hydrogens (tertiary/aromatic N) is 2. The van der Waals surface area contributed by atoms with Gasteiger partial charge in [-0.3, -0.25) is 4.79 Å². The summed E-state index contributed by atoms with van der Waals surface area (Å²) in [4.78, 5) is 20.5. The Morgan fingerprint density at radius 3 is 2.62 bits per heavy atom. The van der Waals surface area contributed by atoms with Gasteiger partial charge in [-0.25, -0.2) is 9.97 Å². The molecule has 3 rings (SSSR count). The molecule has 1 amide bonds. The normalized spacial score (nSPS) is 14.3. The quantitative estimate of drug-likeness (QED) is 0.895. The number of benzene rings is 1. The number of hydrogen-bond donors (Lipinski definition) is 2. The van der Waals surface area contributed by atoms with E-state index in [0.29, 0.717) is 17.7 Å². The van der Waals surface area contributed by atoms with E-state index < -0.39 is 17.6 Å². The van der Waals surface area contributed by atoms with Gasteiger partial charge in [0.05, 0.1) is 5.56 Å². The second-order valence-corrected chi connectivity index (χ2v) is 5.64. The van der Waals surface area contributed by atoms with Gasteiger partial charge in [0.2, 0.25) is 0 Å². The molecule has 0 spiro atoms. The van der Waals surface area contributed by atoms with Crippen LogP contribution in [0.1, 0.15) is 34.7 Å². The number of hydrogen-bond acceptors (Lipinski definition) is 4. The summed E-state index contributed by atoms with van der Waals surface area (Å²) in [5, 5.41) is 5.60. The fourth-order valence-electron chi connectivity index (χ4n) is 2.16. The van der Waals surface area contributed by atoms with Crippen LogP contribution in [0.3, 0.4) is 0 Å². The van der Waals surface area contributed by atoms with Crippen LogP contribution in [-0.2, 0) is 6.18 Å². The maximum atomic E-state index is 12.7. The molecule has 1 fully saturated rings. The lowest BCUT2D eigenvalue weighted by molar-refractivity contribution is -0.137. The number of carbonyl (C=O) groups excluding carboxylic acids is 1. The van der Waals surface area contributed by atoms with E-state index >= 15 is 0 Å². The molecule has 2 aromatic rings. The van der Waals surface area contributed by atoms with Crippen LogP contribution >= 0.6 is 0 Å². The molecule has 24 heavy (non-hydrogen) atoms. The molecule has 1 aliphatic carbocycles. The summed E-state index contributed by atoms with van der Waals surface area (Å²) in [5.74, 6) is 0.368. The van der Waals surface area contributed by atoms with Crippen LogP contribution in [0.4, 0.5) is 24.7 Å². The number of aromatic nitrogens is 2. The summed E-state index contributed by atoms with van der Waals surface area (Å²) in [6.45, 7) is 1.65. The van der Waals surface area contributed by atoms with E-state index in [-0.39, 0.29) is 11.4 Å². The van der Waals surface area contributed by atoms with E-state index in [1.807, 2.05) is 0 Å². The van der Waals surface area contributed by atoms with Crippen LogP contribution in [0, 0.1) is 6.92 Å². The minimum atomic E-state index is -4.46. The highest BCUT2D eigenvalue weighted by Gasteiger charge is 2.30. The smallest absolute Gasteiger partial charge is 0.367 e. The Labute approximate surface area is 136 Å². The summed E-state index contributed by atoms with van der Waals surface area (Å²) < 4.78 is 38.2. The maximum absolute atomic E-state index is 12.7. The molecule has 126 valence electrons. The Balaban J connectivity index is 1.78. The van der Waals surface area contributed by atoms with E-state index in [4.69, 9.17) is 0 Å². The Bertz CT molecular complexity index is 772. The first-order valence-corrected chi connectivity index (χ1v) is 7.42. The second kappa shape index (κ2) is 6.10. The zero-order valence-electron chi connectivity index (χ0n) is 12.8. The van der Waals surface area contributed by atoms with Gasteiger partial charge in [-0.2, -0.15) is 13.2 Å². The lowest BCUT2D eigenvalue weighted by Gasteiger charge is -2.11. The van der Waals surface area contributed by atoms with E-state index in [1.54, 1.807) is 6.92 Å².